The molecule has 0 aliphatic carbocycles. The number of thiophene rings is 1. The van der Waals surface area contributed by atoms with E-state index in [9.17, 15) is 0 Å². The fourth-order valence-electron chi connectivity index (χ4n) is 6.69. The van der Waals surface area contributed by atoms with Gasteiger partial charge < -0.3 is 19.4 Å². The summed E-state index contributed by atoms with van der Waals surface area (Å²) in [5, 5.41) is 4.85. The monoisotopic (exact) mass is 623 g/mol. The lowest BCUT2D eigenvalue weighted by molar-refractivity contribution is -0.931. The molecule has 3 heterocycles. The highest BCUT2D eigenvalue weighted by atomic mass is 32.1. The van der Waals surface area contributed by atoms with Crippen LogP contribution in [0.3, 0.4) is 0 Å². The van der Waals surface area contributed by atoms with Crippen molar-refractivity contribution in [1.82, 2.24) is 4.90 Å². The third-order valence-corrected chi connectivity index (χ3v) is 10.7. The molecular weight excluding hydrogens is 561 g/mol. The van der Waals surface area contributed by atoms with E-state index < -0.39 is 0 Å². The lowest BCUT2D eigenvalue weighted by Crippen LogP contribution is -2.59. The molecule has 1 N–H and O–H groups in total. The molecule has 0 unspecified atom stereocenters. The number of benzene rings is 1. The molecule has 2 aromatic rings. The summed E-state index contributed by atoms with van der Waals surface area (Å²) in [4.78, 5) is 9.00. The first-order valence-corrected chi connectivity index (χ1v) is 18.8. The number of aliphatic imine (C=N–C) groups is 1. The standard InChI is InChI=1S/C38H63N4OS/c1-6-7-8-9-10-11-12-13-14-15-16-17-18-21-24-38(3,4)30-43-31-42(5)27-25-41(26-28-42)36-33-29-32(2)44-37(33)40-35-23-20-19-22-34(35)39-36/h19-20,22-23,29,40H,6-18,21,24-28,30-31H2,1-5H3/q+1. The summed E-state index contributed by atoms with van der Waals surface area (Å²) >= 11 is 1.82. The Labute approximate surface area is 274 Å². The number of nitrogens with one attached hydrogen (secondary N) is 1. The maximum atomic E-state index is 6.43. The molecule has 0 bridgehead atoms. The minimum atomic E-state index is 0.251. The van der Waals surface area contributed by atoms with Gasteiger partial charge in [0, 0.05) is 4.88 Å². The highest BCUT2D eigenvalue weighted by Gasteiger charge is 2.33. The topological polar surface area (TPSA) is 36.9 Å². The van der Waals surface area contributed by atoms with Crippen LogP contribution in [0.25, 0.3) is 0 Å². The minimum absolute atomic E-state index is 0.251. The number of likely N-dealkylation sites (N-methyl/N-ethyl adjacent to an activating group) is 1. The van der Waals surface area contributed by atoms with Gasteiger partial charge in [-0.05, 0) is 37.0 Å². The summed E-state index contributed by atoms with van der Waals surface area (Å²) in [7, 11) is 2.36. The molecule has 1 aromatic carbocycles. The van der Waals surface area contributed by atoms with E-state index in [4.69, 9.17) is 9.73 Å². The zero-order chi connectivity index (χ0) is 31.3. The van der Waals surface area contributed by atoms with E-state index in [1.165, 1.54) is 112 Å². The Morgan fingerprint density at radius 1 is 0.886 bits per heavy atom. The van der Waals surface area contributed by atoms with Crippen molar-refractivity contribution >= 4 is 33.5 Å². The third-order valence-electron chi connectivity index (χ3n) is 9.70. The van der Waals surface area contributed by atoms with Crippen LogP contribution in [0.5, 0.6) is 0 Å². The first-order valence-electron chi connectivity index (χ1n) is 18.0. The second-order valence-corrected chi connectivity index (χ2v) is 16.0. The number of aryl methyl sites for hydroxylation is 1. The summed E-state index contributed by atoms with van der Waals surface area (Å²) in [6.07, 6.45) is 21.2. The van der Waals surface area contributed by atoms with Crippen molar-refractivity contribution in [1.29, 1.82) is 0 Å². The number of rotatable bonds is 19. The van der Waals surface area contributed by atoms with Crippen LogP contribution in [-0.2, 0) is 4.74 Å². The van der Waals surface area contributed by atoms with E-state index in [0.29, 0.717) is 0 Å². The SMILES string of the molecule is CCCCCCCCCCCCCCCCC(C)(C)COC[N+]1(C)CCN(C2=Nc3ccccc3Nc3sc(C)cc32)CC1. The summed E-state index contributed by atoms with van der Waals surface area (Å²) < 4.78 is 7.41. The number of fused-ring (bicyclic) bond motifs is 2. The average Bonchev–Trinajstić information content (AvgIpc) is 3.29. The molecule has 0 atom stereocenters. The maximum Gasteiger partial charge on any atom is 0.183 e. The van der Waals surface area contributed by atoms with Gasteiger partial charge in [0.2, 0.25) is 0 Å². The van der Waals surface area contributed by atoms with E-state index in [-0.39, 0.29) is 5.41 Å². The second-order valence-electron chi connectivity index (χ2n) is 14.7. The average molecular weight is 624 g/mol. The molecule has 44 heavy (non-hydrogen) atoms. The first-order chi connectivity index (χ1) is 21.3. The molecule has 6 heteroatoms. The maximum absolute atomic E-state index is 6.43. The third kappa shape index (κ3) is 11.2. The number of ether oxygens (including phenoxy) is 1. The van der Waals surface area contributed by atoms with Crippen molar-refractivity contribution in [3.05, 3.63) is 40.8 Å². The van der Waals surface area contributed by atoms with Gasteiger partial charge in [-0.2, -0.15) is 0 Å². The van der Waals surface area contributed by atoms with Gasteiger partial charge in [-0.3, -0.25) is 0 Å². The van der Waals surface area contributed by atoms with Gasteiger partial charge in [0.25, 0.3) is 0 Å². The molecule has 5 nitrogen and oxygen atoms in total. The van der Waals surface area contributed by atoms with Crippen LogP contribution in [0.1, 0.15) is 128 Å². The Bertz CT molecular complexity index is 1150. The summed E-state index contributed by atoms with van der Waals surface area (Å²) in [5.41, 5.74) is 3.60. The predicted molar refractivity (Wildman–Crippen MR) is 192 cm³/mol. The fourth-order valence-corrected chi connectivity index (χ4v) is 7.61. The lowest BCUT2D eigenvalue weighted by Gasteiger charge is -2.42. The Balaban J connectivity index is 1.09. The highest BCUT2D eigenvalue weighted by Crippen LogP contribution is 2.39. The van der Waals surface area contributed by atoms with Crippen LogP contribution in [0.2, 0.25) is 0 Å². The number of piperazine rings is 1. The van der Waals surface area contributed by atoms with Gasteiger partial charge in [-0.25, -0.2) is 4.99 Å². The fraction of sp³-hybridized carbons (Fsp3) is 0.711. The summed E-state index contributed by atoms with van der Waals surface area (Å²) in [6, 6.07) is 10.7. The van der Waals surface area contributed by atoms with Crippen molar-refractivity contribution in [2.75, 3.05) is 51.9 Å². The number of unbranched alkanes of at least 4 members (excludes halogenated alkanes) is 13. The van der Waals surface area contributed by atoms with E-state index >= 15 is 0 Å². The summed E-state index contributed by atoms with van der Waals surface area (Å²) in [6.45, 7) is 15.1. The van der Waals surface area contributed by atoms with Crippen LogP contribution in [0.4, 0.5) is 16.4 Å². The van der Waals surface area contributed by atoms with Crippen LogP contribution >= 0.6 is 11.3 Å². The van der Waals surface area contributed by atoms with Crippen molar-refractivity contribution in [3.8, 4) is 0 Å². The Kier molecular flexibility index (Phi) is 14.1. The quantitative estimate of drug-likeness (QED) is 0.125. The zero-order valence-corrected chi connectivity index (χ0v) is 29.7. The molecular formula is C38H63N4OS+. The van der Waals surface area contributed by atoms with E-state index in [1.54, 1.807) is 0 Å². The van der Waals surface area contributed by atoms with Crippen LogP contribution in [0, 0.1) is 12.3 Å². The molecule has 0 amide bonds. The van der Waals surface area contributed by atoms with Gasteiger partial charge in [0.05, 0.1) is 56.8 Å². The van der Waals surface area contributed by atoms with Gasteiger partial charge in [0.15, 0.2) is 6.73 Å². The van der Waals surface area contributed by atoms with Gasteiger partial charge in [-0.15, -0.1) is 11.3 Å². The Morgan fingerprint density at radius 3 is 2.11 bits per heavy atom. The van der Waals surface area contributed by atoms with E-state index in [2.05, 4.69) is 75.3 Å². The number of nitrogens with zero attached hydrogens (tertiary/aromatic N) is 3. The van der Waals surface area contributed by atoms with Crippen molar-refractivity contribution in [2.24, 2.45) is 10.4 Å². The molecule has 0 spiro atoms. The second kappa shape index (κ2) is 17.7. The molecule has 0 saturated carbocycles. The number of amidine groups is 1. The number of anilines is 2. The molecule has 1 aromatic heterocycles. The highest BCUT2D eigenvalue weighted by molar-refractivity contribution is 7.16. The normalized spacial score (nSPS) is 16.2. The molecule has 2 aliphatic rings. The van der Waals surface area contributed by atoms with E-state index in [0.717, 1.165) is 61.2 Å². The predicted octanol–water partition coefficient (Wildman–Crippen LogP) is 10.8. The number of quaternary nitrogens is 1. The zero-order valence-electron chi connectivity index (χ0n) is 28.9. The molecule has 1 saturated heterocycles. The number of hydrogen-bond acceptors (Lipinski definition) is 5. The van der Waals surface area contributed by atoms with Crippen LogP contribution < -0.4 is 5.32 Å². The minimum Gasteiger partial charge on any atom is -0.345 e. The molecule has 1 fully saturated rings. The Morgan fingerprint density at radius 2 is 1.48 bits per heavy atom. The molecule has 246 valence electrons. The Hall–Kier alpha value is -1.89. The molecule has 0 radical (unpaired) electrons. The molecule has 2 aliphatic heterocycles. The van der Waals surface area contributed by atoms with Crippen molar-refractivity contribution in [2.45, 2.75) is 124 Å². The van der Waals surface area contributed by atoms with Gasteiger partial charge >= 0.3 is 0 Å². The summed E-state index contributed by atoms with van der Waals surface area (Å²) in [5.74, 6) is 1.11. The van der Waals surface area contributed by atoms with Gasteiger partial charge in [-0.1, -0.05) is 123 Å². The van der Waals surface area contributed by atoms with Crippen LogP contribution in [0.15, 0.2) is 35.3 Å². The van der Waals surface area contributed by atoms with E-state index in [1.807, 2.05) is 11.3 Å². The smallest absolute Gasteiger partial charge is 0.183 e. The first kappa shape index (κ1) is 35.0. The molecule has 4 rings (SSSR count). The number of hydrogen-bond donors (Lipinski definition) is 1. The van der Waals surface area contributed by atoms with Crippen molar-refractivity contribution < 1.29 is 9.22 Å². The largest absolute Gasteiger partial charge is 0.345 e. The number of para-hydroxylation sites is 2. The van der Waals surface area contributed by atoms with Crippen LogP contribution in [-0.4, -0.2) is 61.8 Å². The van der Waals surface area contributed by atoms with Gasteiger partial charge in [0.1, 0.15) is 10.8 Å². The van der Waals surface area contributed by atoms with Crippen molar-refractivity contribution in [3.63, 3.8) is 0 Å². The lowest BCUT2D eigenvalue weighted by atomic mass is 9.87.